The summed E-state index contributed by atoms with van der Waals surface area (Å²) in [5.41, 5.74) is 4.73. The SMILES string of the molecule is Cc1nn(-c2ccccc2)cc1CCCNC(=O)c1cc(CC(C)C)[nH]n1. The quantitative estimate of drug-likeness (QED) is 0.600. The molecule has 1 aromatic carbocycles. The van der Waals surface area contributed by atoms with Crippen molar-refractivity contribution in [2.75, 3.05) is 6.54 Å². The Morgan fingerprint density at radius 3 is 2.78 bits per heavy atom. The highest BCUT2D eigenvalue weighted by Crippen LogP contribution is 2.13. The first-order valence-corrected chi connectivity index (χ1v) is 9.46. The van der Waals surface area contributed by atoms with Crippen LogP contribution in [0.3, 0.4) is 0 Å². The number of amides is 1. The van der Waals surface area contributed by atoms with Gasteiger partial charge in [-0.1, -0.05) is 32.0 Å². The number of benzene rings is 1. The van der Waals surface area contributed by atoms with Gasteiger partial charge in [0.05, 0.1) is 11.4 Å². The summed E-state index contributed by atoms with van der Waals surface area (Å²) in [6.45, 7) is 6.92. The zero-order chi connectivity index (χ0) is 19.2. The summed E-state index contributed by atoms with van der Waals surface area (Å²) in [4.78, 5) is 12.2. The number of aryl methyl sites for hydroxylation is 2. The summed E-state index contributed by atoms with van der Waals surface area (Å²) >= 11 is 0. The number of hydrogen-bond acceptors (Lipinski definition) is 3. The third kappa shape index (κ3) is 5.06. The van der Waals surface area contributed by atoms with E-state index in [9.17, 15) is 4.79 Å². The second kappa shape index (κ2) is 8.66. The van der Waals surface area contributed by atoms with Gasteiger partial charge in [0.15, 0.2) is 0 Å². The number of carbonyl (C=O) groups excluding carboxylic acids is 1. The van der Waals surface area contributed by atoms with Crippen molar-refractivity contribution in [3.63, 3.8) is 0 Å². The third-order valence-electron chi connectivity index (χ3n) is 4.42. The molecule has 0 radical (unpaired) electrons. The van der Waals surface area contributed by atoms with E-state index in [1.807, 2.05) is 48.0 Å². The Hall–Kier alpha value is -2.89. The fraction of sp³-hybridized carbons (Fsp3) is 0.381. The third-order valence-corrected chi connectivity index (χ3v) is 4.42. The number of hydrogen-bond donors (Lipinski definition) is 2. The van der Waals surface area contributed by atoms with E-state index in [1.54, 1.807) is 0 Å². The highest BCUT2D eigenvalue weighted by atomic mass is 16.1. The molecule has 3 aromatic rings. The average Bonchev–Trinajstić information content (AvgIpc) is 3.26. The van der Waals surface area contributed by atoms with Crippen molar-refractivity contribution in [1.82, 2.24) is 25.3 Å². The highest BCUT2D eigenvalue weighted by molar-refractivity contribution is 5.92. The zero-order valence-corrected chi connectivity index (χ0v) is 16.2. The van der Waals surface area contributed by atoms with E-state index in [-0.39, 0.29) is 5.91 Å². The van der Waals surface area contributed by atoms with Gasteiger partial charge in [0.2, 0.25) is 0 Å². The van der Waals surface area contributed by atoms with Crippen LogP contribution in [0.5, 0.6) is 0 Å². The fourth-order valence-corrected chi connectivity index (χ4v) is 3.05. The van der Waals surface area contributed by atoms with E-state index in [2.05, 4.69) is 40.7 Å². The second-order valence-electron chi connectivity index (χ2n) is 7.26. The van der Waals surface area contributed by atoms with E-state index < -0.39 is 0 Å². The molecular formula is C21H27N5O. The molecule has 2 N–H and O–H groups in total. The molecule has 0 saturated heterocycles. The molecule has 0 aliphatic heterocycles. The van der Waals surface area contributed by atoms with Crippen LogP contribution < -0.4 is 5.32 Å². The van der Waals surface area contributed by atoms with E-state index in [0.717, 1.165) is 36.3 Å². The Labute approximate surface area is 160 Å². The van der Waals surface area contributed by atoms with E-state index >= 15 is 0 Å². The normalized spacial score (nSPS) is 11.1. The molecule has 1 amide bonds. The van der Waals surface area contributed by atoms with Crippen LogP contribution in [0.25, 0.3) is 5.69 Å². The molecule has 2 heterocycles. The van der Waals surface area contributed by atoms with Gasteiger partial charge in [0.1, 0.15) is 5.69 Å². The van der Waals surface area contributed by atoms with Gasteiger partial charge in [-0.2, -0.15) is 10.2 Å². The topological polar surface area (TPSA) is 75.6 Å². The van der Waals surface area contributed by atoms with Crippen molar-refractivity contribution in [3.8, 4) is 5.69 Å². The summed E-state index contributed by atoms with van der Waals surface area (Å²) in [6.07, 6.45) is 4.69. The van der Waals surface area contributed by atoms with Crippen molar-refractivity contribution in [1.29, 1.82) is 0 Å². The number of aromatic nitrogens is 4. The van der Waals surface area contributed by atoms with Crippen LogP contribution in [0.1, 0.15) is 47.7 Å². The summed E-state index contributed by atoms with van der Waals surface area (Å²) in [5.74, 6) is 0.402. The zero-order valence-electron chi connectivity index (χ0n) is 16.2. The minimum absolute atomic E-state index is 0.127. The number of para-hydroxylation sites is 1. The summed E-state index contributed by atoms with van der Waals surface area (Å²) in [6, 6.07) is 11.9. The van der Waals surface area contributed by atoms with Gasteiger partial charge in [0, 0.05) is 18.4 Å². The molecule has 0 bridgehead atoms. The largest absolute Gasteiger partial charge is 0.351 e. The minimum Gasteiger partial charge on any atom is -0.351 e. The van der Waals surface area contributed by atoms with Crippen LogP contribution in [0.15, 0.2) is 42.6 Å². The first-order chi connectivity index (χ1) is 13.0. The van der Waals surface area contributed by atoms with Gasteiger partial charge in [0.25, 0.3) is 5.91 Å². The van der Waals surface area contributed by atoms with Gasteiger partial charge >= 0.3 is 0 Å². The standard InChI is InChI=1S/C21H27N5O/c1-15(2)12-18-13-20(24-23-18)21(27)22-11-7-8-17-14-26(25-16(17)3)19-9-5-4-6-10-19/h4-6,9-10,13-15H,7-8,11-12H2,1-3H3,(H,22,27)(H,23,24). The predicted octanol–water partition coefficient (Wildman–Crippen LogP) is 3.46. The lowest BCUT2D eigenvalue weighted by Crippen LogP contribution is -2.25. The number of rotatable bonds is 8. The van der Waals surface area contributed by atoms with Crippen LogP contribution in [0.2, 0.25) is 0 Å². The monoisotopic (exact) mass is 365 g/mol. The molecule has 0 aliphatic carbocycles. The molecule has 3 rings (SSSR count). The molecule has 6 heteroatoms. The lowest BCUT2D eigenvalue weighted by molar-refractivity contribution is 0.0948. The second-order valence-corrected chi connectivity index (χ2v) is 7.26. The fourth-order valence-electron chi connectivity index (χ4n) is 3.05. The molecule has 0 atom stereocenters. The molecule has 0 saturated carbocycles. The van der Waals surface area contributed by atoms with E-state index in [4.69, 9.17) is 0 Å². The Bertz CT molecular complexity index is 879. The lowest BCUT2D eigenvalue weighted by atomic mass is 10.1. The number of carbonyl (C=O) groups is 1. The molecule has 2 aromatic heterocycles. The molecule has 6 nitrogen and oxygen atoms in total. The molecule has 142 valence electrons. The highest BCUT2D eigenvalue weighted by Gasteiger charge is 2.11. The molecule has 0 aliphatic rings. The molecular weight excluding hydrogens is 338 g/mol. The van der Waals surface area contributed by atoms with E-state index in [1.165, 1.54) is 5.56 Å². The maximum Gasteiger partial charge on any atom is 0.271 e. The van der Waals surface area contributed by atoms with Gasteiger partial charge in [-0.25, -0.2) is 4.68 Å². The van der Waals surface area contributed by atoms with Gasteiger partial charge < -0.3 is 5.32 Å². The Kier molecular flexibility index (Phi) is 6.06. The summed E-state index contributed by atoms with van der Waals surface area (Å²) < 4.78 is 1.91. The molecule has 27 heavy (non-hydrogen) atoms. The predicted molar refractivity (Wildman–Crippen MR) is 106 cm³/mol. The smallest absolute Gasteiger partial charge is 0.271 e. The average molecular weight is 365 g/mol. The number of nitrogens with one attached hydrogen (secondary N) is 2. The maximum absolute atomic E-state index is 12.2. The van der Waals surface area contributed by atoms with Crippen molar-refractivity contribution in [3.05, 3.63) is 65.2 Å². The number of aromatic amines is 1. The van der Waals surface area contributed by atoms with Crippen LogP contribution in [-0.4, -0.2) is 32.4 Å². The number of H-pyrrole nitrogens is 1. The molecule has 0 spiro atoms. The maximum atomic E-state index is 12.2. The Morgan fingerprint density at radius 1 is 1.26 bits per heavy atom. The van der Waals surface area contributed by atoms with Crippen LogP contribution in [0.4, 0.5) is 0 Å². The first-order valence-electron chi connectivity index (χ1n) is 9.46. The Balaban J connectivity index is 1.48. The van der Waals surface area contributed by atoms with Crippen molar-refractivity contribution >= 4 is 5.91 Å². The van der Waals surface area contributed by atoms with Gasteiger partial charge in [-0.15, -0.1) is 0 Å². The molecule has 0 fully saturated rings. The lowest BCUT2D eigenvalue weighted by Gasteiger charge is -2.03. The molecule has 0 unspecified atom stereocenters. The van der Waals surface area contributed by atoms with E-state index in [0.29, 0.717) is 18.2 Å². The summed E-state index contributed by atoms with van der Waals surface area (Å²) in [5, 5.41) is 14.6. The van der Waals surface area contributed by atoms with Crippen molar-refractivity contribution in [2.45, 2.75) is 40.0 Å². The van der Waals surface area contributed by atoms with Crippen LogP contribution in [-0.2, 0) is 12.8 Å². The Morgan fingerprint density at radius 2 is 2.04 bits per heavy atom. The number of nitrogens with zero attached hydrogens (tertiary/aromatic N) is 3. The van der Waals surface area contributed by atoms with Gasteiger partial charge in [-0.3, -0.25) is 9.89 Å². The van der Waals surface area contributed by atoms with Gasteiger partial charge in [-0.05, 0) is 55.9 Å². The van der Waals surface area contributed by atoms with Crippen molar-refractivity contribution < 1.29 is 4.79 Å². The van der Waals surface area contributed by atoms with Crippen LogP contribution in [0, 0.1) is 12.8 Å². The van der Waals surface area contributed by atoms with Crippen molar-refractivity contribution in [2.24, 2.45) is 5.92 Å². The summed E-state index contributed by atoms with van der Waals surface area (Å²) in [7, 11) is 0. The van der Waals surface area contributed by atoms with Crippen LogP contribution >= 0.6 is 0 Å². The minimum atomic E-state index is -0.127. The first kappa shape index (κ1) is 18.9.